The molecule has 2 amide bonds. The Labute approximate surface area is 558 Å². The molecule has 32 heteroatoms. The maximum atomic E-state index is 14.5. The minimum absolute atomic E-state index is 0.0110. The number of furan rings is 2. The van der Waals surface area contributed by atoms with Crippen LogP contribution in [0.4, 0.5) is 46.5 Å². The first-order valence-electron chi connectivity index (χ1n) is 28.9. The van der Waals surface area contributed by atoms with Crippen LogP contribution in [0, 0.1) is 23.3 Å². The smallest absolute Gasteiger partial charge is 0.272 e. The van der Waals surface area contributed by atoms with E-state index in [0.717, 1.165) is 27.4 Å². The summed E-state index contributed by atoms with van der Waals surface area (Å²) in [7, 11) is -5.76. The van der Waals surface area contributed by atoms with E-state index in [1.807, 2.05) is 0 Å². The van der Waals surface area contributed by atoms with Crippen molar-refractivity contribution in [1.82, 2.24) is 20.6 Å². The normalized spacial score (nSPS) is 11.8. The van der Waals surface area contributed by atoms with Gasteiger partial charge in [-0.2, -0.15) is 8.42 Å². The molecule has 12 rings (SSSR count). The van der Waals surface area contributed by atoms with Crippen molar-refractivity contribution in [1.29, 1.82) is 0 Å². The lowest BCUT2D eigenvalue weighted by Gasteiger charge is -2.21. The summed E-state index contributed by atoms with van der Waals surface area (Å²) >= 11 is 0. The number of sulfonamides is 2. The summed E-state index contributed by atoms with van der Waals surface area (Å²) in [5, 5.41) is 16.5. The van der Waals surface area contributed by atoms with Crippen LogP contribution < -0.4 is 24.0 Å². The number of rotatable bonds is 18. The van der Waals surface area contributed by atoms with Crippen molar-refractivity contribution in [3.05, 3.63) is 180 Å². The predicted molar refractivity (Wildman–Crippen MR) is 353 cm³/mol. The number of benzene rings is 8. The van der Waals surface area contributed by atoms with Crippen LogP contribution in [0.1, 0.15) is 20.7 Å². The van der Waals surface area contributed by atoms with Gasteiger partial charge in [-0.15, -0.1) is 0 Å². The Kier molecular flexibility index (Phi) is 20.3. The van der Waals surface area contributed by atoms with E-state index in [4.69, 9.17) is 22.4 Å². The van der Waals surface area contributed by atoms with Gasteiger partial charge >= 0.3 is 0 Å². The van der Waals surface area contributed by atoms with Crippen molar-refractivity contribution in [3.8, 4) is 79.3 Å². The first-order chi connectivity index (χ1) is 46.7. The number of nitrogens with one attached hydrogen (secondary N) is 2. The van der Waals surface area contributed by atoms with E-state index in [1.54, 1.807) is 24.3 Å². The fourth-order valence-corrected chi connectivity index (χ4v) is 11.5. The minimum Gasteiger partial charge on any atom is -0.507 e. The number of carbonyl (C=O) groups excluding carboxylic acids is 2. The van der Waals surface area contributed by atoms with Crippen molar-refractivity contribution >= 4 is 97.5 Å². The zero-order chi connectivity index (χ0) is 71.7. The van der Waals surface area contributed by atoms with Gasteiger partial charge in [0, 0.05) is 73.3 Å². The van der Waals surface area contributed by atoms with Gasteiger partial charge in [-0.1, -0.05) is 24.3 Å². The number of carbonyl (C=O) groups is 2. The molecule has 0 aliphatic heterocycles. The molecule has 0 bridgehead atoms. The number of halogens is 8. The topological polar surface area (TPSA) is 284 Å². The highest BCUT2D eigenvalue weighted by Gasteiger charge is 2.30. The molecule has 21 nitrogen and oxygen atoms in total. The Morgan fingerprint density at radius 2 is 0.909 bits per heavy atom. The van der Waals surface area contributed by atoms with Crippen LogP contribution in [0.3, 0.4) is 0 Å². The number of phenols is 1. The molecule has 0 atom stereocenters. The summed E-state index contributed by atoms with van der Waals surface area (Å²) in [6, 6.07) is 34.0. The van der Waals surface area contributed by atoms with Gasteiger partial charge in [-0.25, -0.2) is 61.9 Å². The number of ether oxygens (including phenoxy) is 1. The van der Waals surface area contributed by atoms with E-state index < -0.39 is 91.3 Å². The number of hydrogen-bond donors (Lipinski definition) is 3. The van der Waals surface area contributed by atoms with Gasteiger partial charge in [-0.05, 0) is 120 Å². The molecule has 3 N–H and O–H groups in total. The second-order valence-electron chi connectivity index (χ2n) is 21.7. The average molecular weight is 1430 g/mol. The van der Waals surface area contributed by atoms with Crippen LogP contribution in [-0.2, 0) is 34.3 Å². The van der Waals surface area contributed by atoms with Crippen molar-refractivity contribution in [2.75, 3.05) is 68.8 Å². The molecule has 0 spiro atoms. The number of oxazole rings is 2. The highest BCUT2D eigenvalue weighted by atomic mass is 32.2. The van der Waals surface area contributed by atoms with E-state index in [2.05, 4.69) is 24.8 Å². The van der Waals surface area contributed by atoms with Gasteiger partial charge in [-0.3, -0.25) is 22.4 Å². The SMILES string of the molecule is CNC(=O)c1c(-c2ccc(F)cc2)oc2cc(N(C)S(C)(=O)=O)c(-c3ccc(O)c(-c4nc5c(F)cccc5o4)c3)cc12.CNC(=O)c1c(-c2ccc(F)cc2)oc2cc(N(C)S(C)(=O)=O)c(-c3ccc(OCC(F)F)c(-c4nc5c(F)cccc5o4)c3)cc12.CS(=O)(=O)OCC(F)F. The van der Waals surface area contributed by atoms with Gasteiger partial charge < -0.3 is 38.1 Å². The van der Waals surface area contributed by atoms with Gasteiger partial charge in [0.25, 0.3) is 34.8 Å². The van der Waals surface area contributed by atoms with Crippen molar-refractivity contribution in [2.24, 2.45) is 0 Å². The third kappa shape index (κ3) is 15.5. The zero-order valence-corrected chi connectivity index (χ0v) is 55.1. The number of anilines is 2. The number of hydrogen-bond acceptors (Lipinski definition) is 17. The van der Waals surface area contributed by atoms with Gasteiger partial charge in [0.2, 0.25) is 31.8 Å². The molecule has 0 fully saturated rings. The number of phenolic OH excluding ortho intramolecular Hbond substituents is 1. The van der Waals surface area contributed by atoms with Crippen molar-refractivity contribution in [3.63, 3.8) is 0 Å². The van der Waals surface area contributed by atoms with Gasteiger partial charge in [0.1, 0.15) is 70.1 Å². The van der Waals surface area contributed by atoms with E-state index in [1.165, 1.54) is 150 Å². The molecule has 4 heterocycles. The molecule has 0 saturated heterocycles. The second kappa shape index (κ2) is 28.3. The molecule has 0 saturated carbocycles. The number of aromatic nitrogens is 2. The fourth-order valence-electron chi connectivity index (χ4n) is 10.2. The lowest BCUT2D eigenvalue weighted by molar-refractivity contribution is 0.0821. The standard InChI is InChI=1S/C33H25F4N3O6S.C31H23F2N3O6S.C3H6F2O3S/c1-38-32(41)29-21-14-20(24(40(2)47(3,42)43)15-27(21)45-31(29)17-7-10-19(34)11-8-17)18-9-12-25(44-16-28(36)37)22(13-18)33-39-30-23(35)5-4-6-26(30)46-33;1-34-30(38)27-21-14-19(17-9-12-24(37)20(13-17)31-35-28-22(33)5-4-6-25(28)42-31)23(36(2)43(3,39)40)15-26(21)41-29(27)16-7-10-18(32)11-8-16;1-9(6,7)8-2-3(4)5/h4-15,28H,16H2,1-3H3,(H,38,41);4-15,37H,1-3H3,(H,34,38);3H,2H2,1H3. The molecule has 0 radical (unpaired) electrons. The molecule has 99 heavy (non-hydrogen) atoms. The number of para-hydroxylation sites is 2. The molecular weight excluding hydrogens is 1380 g/mol. The van der Waals surface area contributed by atoms with Crippen LogP contribution in [0.2, 0.25) is 0 Å². The van der Waals surface area contributed by atoms with Crippen molar-refractivity contribution < 1.29 is 102 Å². The average Bonchev–Trinajstić information content (AvgIpc) is 1.65. The molecule has 0 aliphatic rings. The number of alkyl halides is 4. The monoisotopic (exact) mass is 1430 g/mol. The third-order valence-corrected chi connectivity index (χ3v) is 17.9. The van der Waals surface area contributed by atoms with Gasteiger partial charge in [0.15, 0.2) is 22.8 Å². The maximum absolute atomic E-state index is 14.5. The lowest BCUT2D eigenvalue weighted by atomic mass is 9.97. The fraction of sp³-hybridized carbons (Fsp3) is 0.164. The molecule has 0 unspecified atom stereocenters. The number of aromatic hydroxyl groups is 1. The zero-order valence-electron chi connectivity index (χ0n) is 52.6. The summed E-state index contributed by atoms with van der Waals surface area (Å²) in [4.78, 5) is 34.8. The van der Waals surface area contributed by atoms with E-state index in [0.29, 0.717) is 38.6 Å². The van der Waals surface area contributed by atoms with Crippen LogP contribution in [-0.4, -0.2) is 125 Å². The Hall–Kier alpha value is -10.8. The summed E-state index contributed by atoms with van der Waals surface area (Å²) in [5.74, 6) is -3.38. The molecule has 8 aromatic carbocycles. The molecular formula is C67H54F8N6O15S3. The highest BCUT2D eigenvalue weighted by molar-refractivity contribution is 7.92. The molecule has 12 aromatic rings. The quantitative estimate of drug-likeness (QED) is 0.0531. The predicted octanol–water partition coefficient (Wildman–Crippen LogP) is 13.8. The summed E-state index contributed by atoms with van der Waals surface area (Å²) in [6.07, 6.45) is -2.78. The Morgan fingerprint density at radius 1 is 0.505 bits per heavy atom. The van der Waals surface area contributed by atoms with Crippen molar-refractivity contribution in [2.45, 2.75) is 12.9 Å². The summed E-state index contributed by atoms with van der Waals surface area (Å²) in [5.41, 5.74) is 3.61. The highest BCUT2D eigenvalue weighted by Crippen LogP contribution is 2.46. The Morgan fingerprint density at radius 3 is 1.29 bits per heavy atom. The van der Waals surface area contributed by atoms with Crippen LogP contribution in [0.5, 0.6) is 11.5 Å². The van der Waals surface area contributed by atoms with Crippen LogP contribution in [0.15, 0.2) is 163 Å². The second-order valence-corrected chi connectivity index (χ2v) is 27.4. The largest absolute Gasteiger partial charge is 0.507 e. The first-order valence-corrected chi connectivity index (χ1v) is 34.4. The minimum atomic E-state index is -3.86. The summed E-state index contributed by atoms with van der Waals surface area (Å²) < 4.78 is 211. The molecule has 4 aromatic heterocycles. The van der Waals surface area contributed by atoms with Gasteiger partial charge in [0.05, 0.1) is 52.4 Å². The summed E-state index contributed by atoms with van der Waals surface area (Å²) in [6.45, 7) is -2.01. The van der Waals surface area contributed by atoms with E-state index in [9.17, 15) is 75.1 Å². The first kappa shape index (κ1) is 71.0. The maximum Gasteiger partial charge on any atom is 0.272 e. The lowest BCUT2D eigenvalue weighted by Crippen LogP contribution is -2.25. The van der Waals surface area contributed by atoms with E-state index >= 15 is 0 Å². The third-order valence-electron chi connectivity index (χ3n) is 15.0. The number of nitrogens with zero attached hydrogens (tertiary/aromatic N) is 4. The van der Waals surface area contributed by atoms with Crippen LogP contribution in [0.25, 0.3) is 112 Å². The number of amides is 2. The Bertz CT molecular complexity index is 5460. The number of fused-ring (bicyclic) bond motifs is 4. The molecule has 0 aliphatic carbocycles. The Balaban J connectivity index is 0.000000191. The molecule has 516 valence electrons. The van der Waals surface area contributed by atoms with Crippen LogP contribution >= 0.6 is 0 Å². The van der Waals surface area contributed by atoms with E-state index in [-0.39, 0.29) is 107 Å².